The van der Waals surface area contributed by atoms with E-state index < -0.39 is 0 Å². The summed E-state index contributed by atoms with van der Waals surface area (Å²) >= 11 is 0. The maximum Gasteiger partial charge on any atom is -0.0398 e. The van der Waals surface area contributed by atoms with E-state index in [4.69, 9.17) is 0 Å². The molecule has 1 aromatic rings. The van der Waals surface area contributed by atoms with Crippen LogP contribution in [0.15, 0.2) is 24.3 Å². The molecule has 0 radical (unpaired) electrons. The van der Waals surface area contributed by atoms with Crippen LogP contribution in [0.4, 0.5) is 5.69 Å². The van der Waals surface area contributed by atoms with Gasteiger partial charge in [0.05, 0.1) is 0 Å². The van der Waals surface area contributed by atoms with E-state index >= 15 is 0 Å². The zero-order valence-electron chi connectivity index (χ0n) is 6.54. The maximum atomic E-state index is 4.37. The minimum Gasteiger partial charge on any atom is -0.681 e. The maximum absolute atomic E-state index is 4.37. The lowest BCUT2D eigenvalue weighted by molar-refractivity contribution is 1.37. The lowest BCUT2D eigenvalue weighted by atomic mass is 10.1. The van der Waals surface area contributed by atoms with Gasteiger partial charge in [0, 0.05) is 0 Å². The molecule has 1 nitrogen and oxygen atoms in total. The van der Waals surface area contributed by atoms with Gasteiger partial charge in [-0.3, -0.25) is 0 Å². The first-order valence-electron chi connectivity index (χ1n) is 3.81. The van der Waals surface area contributed by atoms with E-state index in [0.29, 0.717) is 0 Å². The molecule has 56 valence electrons. The Morgan fingerprint density at radius 1 is 1.36 bits per heavy atom. The van der Waals surface area contributed by atoms with Crippen LogP contribution in [0.5, 0.6) is 0 Å². The van der Waals surface area contributed by atoms with E-state index in [-0.39, 0.29) is 0 Å². The molecule has 0 unspecified atom stereocenters. The molecule has 2 rings (SSSR count). The molecule has 0 saturated carbocycles. The molecule has 0 amide bonds. The predicted molar refractivity (Wildman–Crippen MR) is 48.1 cm³/mol. The van der Waals surface area contributed by atoms with E-state index in [1.54, 1.807) is 0 Å². The van der Waals surface area contributed by atoms with Crippen LogP contribution in [0.25, 0.3) is 11.4 Å². The predicted octanol–water partition coefficient (Wildman–Crippen LogP) is 3.03. The van der Waals surface area contributed by atoms with Gasteiger partial charge in [0.2, 0.25) is 0 Å². The normalized spacial score (nSPS) is 13.9. The highest BCUT2D eigenvalue weighted by atomic mass is 14.9. The van der Waals surface area contributed by atoms with Gasteiger partial charge in [-0.2, -0.15) is 0 Å². The van der Waals surface area contributed by atoms with Crippen molar-refractivity contribution in [3.8, 4) is 0 Å². The van der Waals surface area contributed by atoms with Gasteiger partial charge in [-0.15, -0.1) is 18.3 Å². The van der Waals surface area contributed by atoms with Crippen LogP contribution in [-0.2, 0) is 0 Å². The molecule has 1 heteroatoms. The van der Waals surface area contributed by atoms with Crippen molar-refractivity contribution in [2.24, 2.45) is 0 Å². The third kappa shape index (κ3) is 1.14. The zero-order valence-corrected chi connectivity index (χ0v) is 6.54. The van der Waals surface area contributed by atoms with Crippen molar-refractivity contribution in [1.82, 2.24) is 0 Å². The first kappa shape index (κ1) is 6.47. The summed E-state index contributed by atoms with van der Waals surface area (Å²) in [6.45, 7) is 2.92. The van der Waals surface area contributed by atoms with Gasteiger partial charge in [0.25, 0.3) is 0 Å². The second-order valence-electron chi connectivity index (χ2n) is 2.81. The molecule has 0 aromatic heterocycles. The Labute approximate surface area is 66.7 Å². The SMILES string of the molecule is Cc1ccc2c(c1)[N-]CC=C2. The van der Waals surface area contributed by atoms with Crippen molar-refractivity contribution >= 4 is 11.8 Å². The quantitative estimate of drug-likeness (QED) is 0.531. The van der Waals surface area contributed by atoms with Gasteiger partial charge in [-0.25, -0.2) is 0 Å². The second-order valence-corrected chi connectivity index (χ2v) is 2.81. The van der Waals surface area contributed by atoms with Crippen LogP contribution in [0, 0.1) is 6.92 Å². The summed E-state index contributed by atoms with van der Waals surface area (Å²) in [5.74, 6) is 0. The van der Waals surface area contributed by atoms with Crippen molar-refractivity contribution in [3.63, 3.8) is 0 Å². The van der Waals surface area contributed by atoms with Crippen molar-refractivity contribution in [2.45, 2.75) is 6.92 Å². The number of aryl methyl sites for hydroxylation is 1. The fourth-order valence-electron chi connectivity index (χ4n) is 1.26. The van der Waals surface area contributed by atoms with Crippen molar-refractivity contribution in [1.29, 1.82) is 0 Å². The highest BCUT2D eigenvalue weighted by Crippen LogP contribution is 2.29. The summed E-state index contributed by atoms with van der Waals surface area (Å²) < 4.78 is 0. The summed E-state index contributed by atoms with van der Waals surface area (Å²) in [4.78, 5) is 0. The number of rotatable bonds is 0. The lowest BCUT2D eigenvalue weighted by Crippen LogP contribution is -1.86. The van der Waals surface area contributed by atoms with Crippen molar-refractivity contribution < 1.29 is 0 Å². The zero-order chi connectivity index (χ0) is 7.68. The molecule has 0 bridgehead atoms. The first-order valence-corrected chi connectivity index (χ1v) is 3.81. The topological polar surface area (TPSA) is 14.1 Å². The number of hydrogen-bond acceptors (Lipinski definition) is 0. The first-order chi connectivity index (χ1) is 5.36. The molecule has 0 atom stereocenters. The van der Waals surface area contributed by atoms with Gasteiger partial charge in [-0.05, 0) is 12.5 Å². The molecule has 11 heavy (non-hydrogen) atoms. The Morgan fingerprint density at radius 3 is 3.18 bits per heavy atom. The summed E-state index contributed by atoms with van der Waals surface area (Å²) in [6.07, 6.45) is 4.21. The monoisotopic (exact) mass is 144 g/mol. The van der Waals surface area contributed by atoms with Crippen LogP contribution in [0.3, 0.4) is 0 Å². The number of nitrogens with zero attached hydrogens (tertiary/aromatic N) is 1. The third-order valence-corrected chi connectivity index (χ3v) is 1.85. The molecule has 1 aromatic carbocycles. The molecule has 1 aliphatic heterocycles. The summed E-state index contributed by atoms with van der Waals surface area (Å²) in [5.41, 5.74) is 3.65. The van der Waals surface area contributed by atoms with E-state index in [0.717, 1.165) is 12.2 Å². The highest BCUT2D eigenvalue weighted by molar-refractivity contribution is 5.73. The summed E-state index contributed by atoms with van der Waals surface area (Å²) in [7, 11) is 0. The highest BCUT2D eigenvalue weighted by Gasteiger charge is 1.93. The molecule has 1 aliphatic rings. The second kappa shape index (κ2) is 2.42. The molecular weight excluding hydrogens is 134 g/mol. The largest absolute Gasteiger partial charge is 0.681 e. The van der Waals surface area contributed by atoms with Crippen LogP contribution in [-0.4, -0.2) is 6.54 Å². The Bertz CT molecular complexity index is 300. The minimum absolute atomic E-state index is 0.830. The van der Waals surface area contributed by atoms with E-state index in [2.05, 4.69) is 42.6 Å². The Kier molecular flexibility index (Phi) is 1.42. The van der Waals surface area contributed by atoms with E-state index in [1.807, 2.05) is 0 Å². The third-order valence-electron chi connectivity index (χ3n) is 1.85. The molecule has 0 fully saturated rings. The smallest absolute Gasteiger partial charge is 0.0398 e. The molecule has 1 heterocycles. The Hall–Kier alpha value is -1.24. The van der Waals surface area contributed by atoms with Gasteiger partial charge < -0.3 is 5.32 Å². The number of hydrogen-bond donors (Lipinski definition) is 0. The fraction of sp³-hybridized carbons (Fsp3) is 0.200. The van der Waals surface area contributed by atoms with Crippen LogP contribution >= 0.6 is 0 Å². The molecule has 0 spiro atoms. The Morgan fingerprint density at radius 2 is 2.27 bits per heavy atom. The van der Waals surface area contributed by atoms with Crippen LogP contribution in [0.2, 0.25) is 0 Å². The standard InChI is InChI=1S/C10H10N/c1-8-4-5-9-3-2-6-11-10(9)7-8/h2-5,7H,6H2,1H3/q-1. The number of fused-ring (bicyclic) bond motifs is 1. The minimum atomic E-state index is 0.830. The van der Waals surface area contributed by atoms with E-state index in [1.165, 1.54) is 11.1 Å². The van der Waals surface area contributed by atoms with Crippen LogP contribution in [0.1, 0.15) is 11.1 Å². The molecule has 0 saturated heterocycles. The molecule has 0 N–H and O–H groups in total. The van der Waals surface area contributed by atoms with Crippen LogP contribution < -0.4 is 0 Å². The van der Waals surface area contributed by atoms with Crippen molar-refractivity contribution in [2.75, 3.05) is 6.54 Å². The van der Waals surface area contributed by atoms with Crippen molar-refractivity contribution in [3.05, 3.63) is 40.7 Å². The average Bonchev–Trinajstić information content (AvgIpc) is 2.04. The average molecular weight is 144 g/mol. The molecular formula is C10H10N-. The Balaban J connectivity index is 2.53. The van der Waals surface area contributed by atoms with Gasteiger partial charge in [0.1, 0.15) is 0 Å². The summed E-state index contributed by atoms with van der Waals surface area (Å²) in [6, 6.07) is 6.35. The van der Waals surface area contributed by atoms with Gasteiger partial charge in [-0.1, -0.05) is 29.8 Å². The number of benzene rings is 1. The fourth-order valence-corrected chi connectivity index (χ4v) is 1.26. The molecule has 0 aliphatic carbocycles. The van der Waals surface area contributed by atoms with Gasteiger partial charge in [0.15, 0.2) is 0 Å². The lowest BCUT2D eigenvalue weighted by Gasteiger charge is -2.26. The summed E-state index contributed by atoms with van der Waals surface area (Å²) in [5, 5.41) is 4.37. The van der Waals surface area contributed by atoms with E-state index in [9.17, 15) is 0 Å². The van der Waals surface area contributed by atoms with Gasteiger partial charge >= 0.3 is 0 Å².